The van der Waals surface area contributed by atoms with Gasteiger partial charge in [-0.25, -0.2) is 4.79 Å². The number of methoxy groups -OCH3 is 1. The second-order valence-corrected chi connectivity index (χ2v) is 3.89. The molecule has 0 radical (unpaired) electrons. The van der Waals surface area contributed by atoms with E-state index in [-0.39, 0.29) is 17.1 Å². The first-order valence-electron chi connectivity index (χ1n) is 5.81. The third-order valence-corrected chi connectivity index (χ3v) is 2.68. The third kappa shape index (κ3) is 2.77. The van der Waals surface area contributed by atoms with Gasteiger partial charge >= 0.3 is 6.16 Å². The molecular formula is C15H12O5. The Morgan fingerprint density at radius 1 is 0.900 bits per heavy atom. The van der Waals surface area contributed by atoms with E-state index in [4.69, 9.17) is 9.84 Å². The standard InChI is InChI=1S/C15H12O5/c1-19-12-8-4-2-6-10(12)14(16)11-7-3-5-9-13(11)20-15(17)18/h2-9H,1H3,(H,17,18). The highest BCUT2D eigenvalue weighted by Gasteiger charge is 2.19. The van der Waals surface area contributed by atoms with Gasteiger partial charge in [0, 0.05) is 0 Å². The Kier molecular flexibility index (Phi) is 4.00. The molecular weight excluding hydrogens is 260 g/mol. The number of benzene rings is 2. The minimum absolute atomic E-state index is 0.00379. The zero-order valence-electron chi connectivity index (χ0n) is 10.7. The molecule has 102 valence electrons. The highest BCUT2D eigenvalue weighted by atomic mass is 16.7. The van der Waals surface area contributed by atoms with Crippen LogP contribution in [0.2, 0.25) is 0 Å². The monoisotopic (exact) mass is 272 g/mol. The van der Waals surface area contributed by atoms with E-state index < -0.39 is 6.16 Å². The summed E-state index contributed by atoms with van der Waals surface area (Å²) in [4.78, 5) is 23.1. The Bertz CT molecular complexity index is 648. The summed E-state index contributed by atoms with van der Waals surface area (Å²) >= 11 is 0. The van der Waals surface area contributed by atoms with Gasteiger partial charge in [-0.2, -0.15) is 0 Å². The van der Waals surface area contributed by atoms with E-state index in [9.17, 15) is 9.59 Å². The predicted molar refractivity (Wildman–Crippen MR) is 71.5 cm³/mol. The van der Waals surface area contributed by atoms with E-state index in [1.54, 1.807) is 36.4 Å². The Hall–Kier alpha value is -2.82. The van der Waals surface area contributed by atoms with Crippen molar-refractivity contribution in [3.05, 3.63) is 59.7 Å². The van der Waals surface area contributed by atoms with Crippen molar-refractivity contribution in [3.63, 3.8) is 0 Å². The van der Waals surface area contributed by atoms with Crippen molar-refractivity contribution in [2.45, 2.75) is 0 Å². The largest absolute Gasteiger partial charge is 0.511 e. The van der Waals surface area contributed by atoms with Gasteiger partial charge in [0.15, 0.2) is 0 Å². The van der Waals surface area contributed by atoms with Crippen LogP contribution in [0.15, 0.2) is 48.5 Å². The molecule has 0 heterocycles. The molecule has 2 rings (SSSR count). The summed E-state index contributed by atoms with van der Waals surface area (Å²) in [5, 5.41) is 8.69. The quantitative estimate of drug-likeness (QED) is 0.526. The van der Waals surface area contributed by atoms with Gasteiger partial charge in [-0.05, 0) is 24.3 Å². The topological polar surface area (TPSA) is 72.8 Å². The molecule has 0 aliphatic carbocycles. The summed E-state index contributed by atoms with van der Waals surface area (Å²) < 4.78 is 9.75. The van der Waals surface area contributed by atoms with E-state index in [0.717, 1.165) is 0 Å². The van der Waals surface area contributed by atoms with Crippen molar-refractivity contribution in [1.29, 1.82) is 0 Å². The first kappa shape index (κ1) is 13.6. The summed E-state index contributed by atoms with van der Waals surface area (Å²) in [6.07, 6.45) is -1.47. The van der Waals surface area contributed by atoms with Gasteiger partial charge in [0.2, 0.25) is 5.78 Å². The highest BCUT2D eigenvalue weighted by Crippen LogP contribution is 2.26. The van der Waals surface area contributed by atoms with Gasteiger partial charge in [-0.1, -0.05) is 24.3 Å². The maximum Gasteiger partial charge on any atom is 0.511 e. The van der Waals surface area contributed by atoms with Gasteiger partial charge < -0.3 is 14.6 Å². The molecule has 0 saturated carbocycles. The normalized spacial score (nSPS) is 9.85. The molecule has 1 N–H and O–H groups in total. The molecule has 0 bridgehead atoms. The number of hydrogen-bond acceptors (Lipinski definition) is 4. The summed E-state index contributed by atoms with van der Waals surface area (Å²) in [6.45, 7) is 0. The molecule has 20 heavy (non-hydrogen) atoms. The van der Waals surface area contributed by atoms with Crippen molar-refractivity contribution in [3.8, 4) is 11.5 Å². The zero-order valence-corrected chi connectivity index (χ0v) is 10.7. The molecule has 0 spiro atoms. The van der Waals surface area contributed by atoms with Gasteiger partial charge in [-0.3, -0.25) is 4.79 Å². The van der Waals surface area contributed by atoms with Crippen LogP contribution in [0.1, 0.15) is 15.9 Å². The zero-order chi connectivity index (χ0) is 14.5. The van der Waals surface area contributed by atoms with E-state index in [2.05, 4.69) is 4.74 Å². The smallest absolute Gasteiger partial charge is 0.496 e. The average molecular weight is 272 g/mol. The SMILES string of the molecule is COc1ccccc1C(=O)c1ccccc1OC(=O)O. The number of rotatable bonds is 4. The maximum atomic E-state index is 12.5. The fourth-order valence-electron chi connectivity index (χ4n) is 1.81. The number of hydrogen-bond donors (Lipinski definition) is 1. The predicted octanol–water partition coefficient (Wildman–Crippen LogP) is 2.98. The lowest BCUT2D eigenvalue weighted by atomic mass is 10.0. The van der Waals surface area contributed by atoms with Crippen LogP contribution in [0.4, 0.5) is 4.79 Å². The minimum Gasteiger partial charge on any atom is -0.496 e. The Morgan fingerprint density at radius 2 is 1.40 bits per heavy atom. The summed E-state index contributed by atoms with van der Waals surface area (Å²) in [6, 6.07) is 12.9. The Balaban J connectivity index is 2.46. The molecule has 0 saturated heterocycles. The van der Waals surface area contributed by atoms with Crippen molar-refractivity contribution >= 4 is 11.9 Å². The number of carboxylic acid groups (broad SMARTS) is 1. The van der Waals surface area contributed by atoms with Crippen LogP contribution >= 0.6 is 0 Å². The number of carbonyl (C=O) groups excluding carboxylic acids is 1. The van der Waals surface area contributed by atoms with E-state index in [1.165, 1.54) is 19.2 Å². The van der Waals surface area contributed by atoms with Crippen LogP contribution in [-0.4, -0.2) is 24.2 Å². The van der Waals surface area contributed by atoms with E-state index in [1.807, 2.05) is 0 Å². The second kappa shape index (κ2) is 5.88. The molecule has 0 amide bonds. The van der Waals surface area contributed by atoms with Gasteiger partial charge in [-0.15, -0.1) is 0 Å². The van der Waals surface area contributed by atoms with Crippen molar-refractivity contribution < 1.29 is 24.2 Å². The highest BCUT2D eigenvalue weighted by molar-refractivity contribution is 6.12. The summed E-state index contributed by atoms with van der Waals surface area (Å²) in [5.41, 5.74) is 0.510. The maximum absolute atomic E-state index is 12.5. The second-order valence-electron chi connectivity index (χ2n) is 3.89. The number of para-hydroxylation sites is 2. The first-order valence-corrected chi connectivity index (χ1v) is 5.81. The fourth-order valence-corrected chi connectivity index (χ4v) is 1.81. The Morgan fingerprint density at radius 3 is 1.95 bits per heavy atom. The molecule has 2 aromatic carbocycles. The molecule has 0 fully saturated rings. The summed E-state index contributed by atoms with van der Waals surface area (Å²) in [7, 11) is 1.46. The van der Waals surface area contributed by atoms with Crippen LogP contribution in [0.25, 0.3) is 0 Å². The van der Waals surface area contributed by atoms with Crippen LogP contribution in [0, 0.1) is 0 Å². The third-order valence-electron chi connectivity index (χ3n) is 2.68. The van der Waals surface area contributed by atoms with Gasteiger partial charge in [0.1, 0.15) is 11.5 Å². The molecule has 0 aliphatic heterocycles. The lowest BCUT2D eigenvalue weighted by Crippen LogP contribution is -2.10. The van der Waals surface area contributed by atoms with Crippen LogP contribution in [-0.2, 0) is 0 Å². The Labute approximate surface area is 115 Å². The first-order chi connectivity index (χ1) is 9.63. The molecule has 5 nitrogen and oxygen atoms in total. The minimum atomic E-state index is -1.47. The molecule has 0 atom stereocenters. The molecule has 5 heteroatoms. The fraction of sp³-hybridized carbons (Fsp3) is 0.0667. The lowest BCUT2D eigenvalue weighted by Gasteiger charge is -2.09. The van der Waals surface area contributed by atoms with E-state index >= 15 is 0 Å². The molecule has 0 unspecified atom stereocenters. The van der Waals surface area contributed by atoms with Crippen molar-refractivity contribution in [2.75, 3.05) is 7.11 Å². The van der Waals surface area contributed by atoms with E-state index in [0.29, 0.717) is 11.3 Å². The van der Waals surface area contributed by atoms with Crippen LogP contribution in [0.5, 0.6) is 11.5 Å². The van der Waals surface area contributed by atoms with Crippen molar-refractivity contribution in [1.82, 2.24) is 0 Å². The summed E-state index contributed by atoms with van der Waals surface area (Å²) in [5.74, 6) is 0.0536. The van der Waals surface area contributed by atoms with Gasteiger partial charge in [0.05, 0.1) is 18.2 Å². The molecule has 0 aromatic heterocycles. The number of ether oxygens (including phenoxy) is 2. The van der Waals surface area contributed by atoms with Crippen LogP contribution in [0.3, 0.4) is 0 Å². The van der Waals surface area contributed by atoms with Crippen LogP contribution < -0.4 is 9.47 Å². The lowest BCUT2D eigenvalue weighted by molar-refractivity contribution is 0.103. The number of carbonyl (C=O) groups is 2. The number of ketones is 1. The molecule has 2 aromatic rings. The van der Waals surface area contributed by atoms with Gasteiger partial charge in [0.25, 0.3) is 0 Å². The van der Waals surface area contributed by atoms with Crippen molar-refractivity contribution in [2.24, 2.45) is 0 Å². The average Bonchev–Trinajstić information content (AvgIpc) is 2.46. The molecule has 0 aliphatic rings.